The first kappa shape index (κ1) is 22.0. The van der Waals surface area contributed by atoms with E-state index in [-0.39, 0.29) is 5.56 Å². The summed E-state index contributed by atoms with van der Waals surface area (Å²) < 4.78 is 52.9. The second-order valence-corrected chi connectivity index (χ2v) is 6.70. The van der Waals surface area contributed by atoms with E-state index in [4.69, 9.17) is 0 Å². The molecule has 0 saturated carbocycles. The van der Waals surface area contributed by atoms with Gasteiger partial charge in [0.05, 0.1) is 5.56 Å². The van der Waals surface area contributed by atoms with E-state index in [1.807, 2.05) is 0 Å². The minimum Gasteiger partial charge on any atom is -0.350 e. The van der Waals surface area contributed by atoms with Gasteiger partial charge in [-0.1, -0.05) is 54.6 Å². The van der Waals surface area contributed by atoms with E-state index in [1.165, 1.54) is 0 Å². The van der Waals surface area contributed by atoms with Crippen LogP contribution >= 0.6 is 0 Å². The third-order valence-corrected chi connectivity index (χ3v) is 4.54. The molecule has 0 aliphatic rings. The number of halogens is 4. The van der Waals surface area contributed by atoms with Crippen LogP contribution < -0.4 is 10.6 Å². The summed E-state index contributed by atoms with van der Waals surface area (Å²) in [5.41, 5.74) is -0.672. The highest BCUT2D eigenvalue weighted by Gasteiger charge is 2.34. The van der Waals surface area contributed by atoms with Crippen LogP contribution in [0.4, 0.5) is 17.6 Å². The number of carbonyl (C=O) groups is 2. The summed E-state index contributed by atoms with van der Waals surface area (Å²) in [7, 11) is 0. The Morgan fingerprint density at radius 1 is 0.871 bits per heavy atom. The Hall–Kier alpha value is -3.68. The predicted molar refractivity (Wildman–Crippen MR) is 106 cm³/mol. The third kappa shape index (κ3) is 5.69. The van der Waals surface area contributed by atoms with Crippen molar-refractivity contribution < 1.29 is 27.2 Å². The fourth-order valence-electron chi connectivity index (χ4n) is 3.00. The van der Waals surface area contributed by atoms with E-state index in [2.05, 4.69) is 10.6 Å². The Labute approximate surface area is 175 Å². The van der Waals surface area contributed by atoms with Gasteiger partial charge in [0, 0.05) is 12.1 Å². The van der Waals surface area contributed by atoms with E-state index in [0.717, 1.165) is 12.1 Å². The van der Waals surface area contributed by atoms with Gasteiger partial charge in [0.1, 0.15) is 11.9 Å². The average Bonchev–Trinajstić information content (AvgIpc) is 2.76. The molecule has 0 aliphatic carbocycles. The van der Waals surface area contributed by atoms with Crippen LogP contribution in [0.1, 0.15) is 33.1 Å². The van der Waals surface area contributed by atoms with Crippen molar-refractivity contribution in [2.75, 3.05) is 0 Å². The van der Waals surface area contributed by atoms with Crippen molar-refractivity contribution in [1.29, 1.82) is 0 Å². The van der Waals surface area contributed by atoms with Crippen LogP contribution in [0, 0.1) is 5.82 Å². The molecule has 4 nitrogen and oxygen atoms in total. The Kier molecular flexibility index (Phi) is 6.69. The van der Waals surface area contributed by atoms with Crippen molar-refractivity contribution in [2.24, 2.45) is 0 Å². The molecule has 3 rings (SSSR count). The summed E-state index contributed by atoms with van der Waals surface area (Å²) in [6, 6.07) is 17.6. The molecule has 0 fully saturated rings. The molecule has 2 amide bonds. The van der Waals surface area contributed by atoms with Crippen molar-refractivity contribution in [3.8, 4) is 0 Å². The number of amides is 2. The second kappa shape index (κ2) is 9.42. The lowest BCUT2D eigenvalue weighted by molar-refractivity contribution is -0.138. The Morgan fingerprint density at radius 3 is 2.10 bits per heavy atom. The summed E-state index contributed by atoms with van der Waals surface area (Å²) in [6.07, 6.45) is -4.78. The molecule has 0 saturated heterocycles. The highest BCUT2D eigenvalue weighted by molar-refractivity contribution is 5.97. The molecule has 2 N–H and O–H groups in total. The number of rotatable bonds is 6. The van der Waals surface area contributed by atoms with E-state index in [0.29, 0.717) is 17.2 Å². The highest BCUT2D eigenvalue weighted by Crippen LogP contribution is 2.32. The van der Waals surface area contributed by atoms with Gasteiger partial charge >= 0.3 is 6.18 Å². The molecule has 0 aliphatic heterocycles. The molecule has 8 heteroatoms. The van der Waals surface area contributed by atoms with Crippen molar-refractivity contribution in [2.45, 2.75) is 18.8 Å². The normalized spacial score (nSPS) is 12.1. The summed E-state index contributed by atoms with van der Waals surface area (Å²) in [6.45, 7) is -0.488. The third-order valence-electron chi connectivity index (χ3n) is 4.54. The van der Waals surface area contributed by atoms with Crippen LogP contribution in [0.15, 0.2) is 78.9 Å². The summed E-state index contributed by atoms with van der Waals surface area (Å²) >= 11 is 0. The lowest BCUT2D eigenvalue weighted by Gasteiger charge is -2.20. The molecule has 3 aromatic carbocycles. The van der Waals surface area contributed by atoms with Crippen LogP contribution in [0.2, 0.25) is 0 Å². The molecule has 0 aromatic heterocycles. The Morgan fingerprint density at radius 2 is 1.48 bits per heavy atom. The van der Waals surface area contributed by atoms with Gasteiger partial charge in [-0.2, -0.15) is 13.2 Å². The van der Waals surface area contributed by atoms with Crippen LogP contribution in [0.3, 0.4) is 0 Å². The zero-order chi connectivity index (χ0) is 22.4. The fourth-order valence-corrected chi connectivity index (χ4v) is 3.00. The number of carbonyl (C=O) groups excluding carboxylic acids is 2. The highest BCUT2D eigenvalue weighted by atomic mass is 19.4. The molecule has 160 valence electrons. The smallest absolute Gasteiger partial charge is 0.350 e. The topological polar surface area (TPSA) is 58.2 Å². The standard InChI is InChI=1S/C23H18F4N2O2/c24-18-12-11-17(19(13-18)23(25,26)27)14-28-22(31)20(15-7-3-1-4-8-15)29-21(30)16-9-5-2-6-10-16/h1-13,20H,14H2,(H,28,31)(H,29,30). The second-order valence-electron chi connectivity index (χ2n) is 6.70. The number of nitrogens with one attached hydrogen (secondary N) is 2. The van der Waals surface area contributed by atoms with Crippen molar-refractivity contribution in [3.63, 3.8) is 0 Å². The summed E-state index contributed by atoms with van der Waals surface area (Å²) in [5.74, 6) is -2.24. The largest absolute Gasteiger partial charge is 0.416 e. The van der Waals surface area contributed by atoms with Crippen LogP contribution in [-0.2, 0) is 17.5 Å². The van der Waals surface area contributed by atoms with Crippen molar-refractivity contribution in [1.82, 2.24) is 10.6 Å². The van der Waals surface area contributed by atoms with Gasteiger partial charge in [0.25, 0.3) is 5.91 Å². The number of hydrogen-bond acceptors (Lipinski definition) is 2. The van der Waals surface area contributed by atoms with Gasteiger partial charge < -0.3 is 10.6 Å². The van der Waals surface area contributed by atoms with Crippen molar-refractivity contribution >= 4 is 11.8 Å². The molecule has 1 atom stereocenters. The number of hydrogen-bond donors (Lipinski definition) is 2. The average molecular weight is 430 g/mol. The SMILES string of the molecule is O=C(NC(C(=O)NCc1ccc(F)cc1C(F)(F)F)c1ccccc1)c1ccccc1. The van der Waals surface area contributed by atoms with Gasteiger partial charge in [-0.15, -0.1) is 0 Å². The van der Waals surface area contributed by atoms with Gasteiger partial charge in [-0.25, -0.2) is 4.39 Å². The number of benzene rings is 3. The van der Waals surface area contributed by atoms with Gasteiger partial charge in [-0.3, -0.25) is 9.59 Å². The zero-order valence-corrected chi connectivity index (χ0v) is 16.1. The molecule has 0 heterocycles. The first-order valence-electron chi connectivity index (χ1n) is 9.30. The quantitative estimate of drug-likeness (QED) is 0.560. The van der Waals surface area contributed by atoms with Crippen LogP contribution in [0.5, 0.6) is 0 Å². The minimum absolute atomic E-state index is 0.288. The molecule has 1 unspecified atom stereocenters. The van der Waals surface area contributed by atoms with E-state index in [1.54, 1.807) is 60.7 Å². The number of alkyl halides is 3. The summed E-state index contributed by atoms with van der Waals surface area (Å²) in [4.78, 5) is 25.4. The van der Waals surface area contributed by atoms with E-state index < -0.39 is 42.0 Å². The molecule has 0 radical (unpaired) electrons. The Bertz CT molecular complexity index is 1050. The molecule has 0 spiro atoms. The molecule has 0 bridgehead atoms. The first-order valence-corrected chi connectivity index (χ1v) is 9.30. The maximum atomic E-state index is 13.3. The lowest BCUT2D eigenvalue weighted by atomic mass is 10.0. The van der Waals surface area contributed by atoms with E-state index >= 15 is 0 Å². The molecule has 31 heavy (non-hydrogen) atoms. The maximum Gasteiger partial charge on any atom is 0.416 e. The van der Waals surface area contributed by atoms with Gasteiger partial charge in [0.2, 0.25) is 5.91 Å². The fraction of sp³-hybridized carbons (Fsp3) is 0.130. The zero-order valence-electron chi connectivity index (χ0n) is 16.1. The van der Waals surface area contributed by atoms with Crippen LogP contribution in [-0.4, -0.2) is 11.8 Å². The predicted octanol–water partition coefficient (Wildman–Crippen LogP) is 4.63. The van der Waals surface area contributed by atoms with E-state index in [9.17, 15) is 27.2 Å². The van der Waals surface area contributed by atoms with Crippen LogP contribution in [0.25, 0.3) is 0 Å². The van der Waals surface area contributed by atoms with Gasteiger partial charge in [0.15, 0.2) is 0 Å². The molecular weight excluding hydrogens is 412 g/mol. The monoisotopic (exact) mass is 430 g/mol. The minimum atomic E-state index is -4.78. The molecule has 3 aromatic rings. The van der Waals surface area contributed by atoms with Gasteiger partial charge in [-0.05, 0) is 35.4 Å². The van der Waals surface area contributed by atoms with Crippen molar-refractivity contribution in [3.05, 3.63) is 107 Å². The maximum absolute atomic E-state index is 13.3. The first-order chi connectivity index (χ1) is 14.8. The Balaban J connectivity index is 1.81. The lowest BCUT2D eigenvalue weighted by Crippen LogP contribution is -2.40. The molecular formula is C23H18F4N2O2. The summed E-state index contributed by atoms with van der Waals surface area (Å²) in [5, 5.41) is 5.02.